The summed E-state index contributed by atoms with van der Waals surface area (Å²) in [4.78, 5) is 26.7. The fraction of sp³-hybridized carbons (Fsp3) is 0.476. The molecule has 1 amide bonds. The summed E-state index contributed by atoms with van der Waals surface area (Å²) in [6.45, 7) is 3.30. The van der Waals surface area contributed by atoms with E-state index in [0.29, 0.717) is 12.5 Å². The highest BCUT2D eigenvalue weighted by Crippen LogP contribution is 2.35. The second-order valence-electron chi connectivity index (χ2n) is 7.97. The molecule has 5 rings (SSSR count). The summed E-state index contributed by atoms with van der Waals surface area (Å²) in [6, 6.07) is 4.17. The number of H-pyrrole nitrogens is 1. The first kappa shape index (κ1) is 16.7. The molecule has 0 radical (unpaired) electrons. The van der Waals surface area contributed by atoms with Crippen LogP contribution >= 0.6 is 0 Å². The van der Waals surface area contributed by atoms with Crippen molar-refractivity contribution < 1.29 is 4.79 Å². The number of aromatic amines is 1. The number of nitrogens with one attached hydrogen (secondary N) is 2. The number of nitrogens with zero attached hydrogens (tertiary/aromatic N) is 3. The van der Waals surface area contributed by atoms with Gasteiger partial charge in [0.05, 0.1) is 18.3 Å². The zero-order valence-electron chi connectivity index (χ0n) is 15.4. The van der Waals surface area contributed by atoms with Crippen molar-refractivity contribution in [3.63, 3.8) is 0 Å². The number of fused-ring (bicyclic) bond motifs is 3. The molecule has 0 bridgehead atoms. The van der Waals surface area contributed by atoms with Gasteiger partial charge in [-0.3, -0.25) is 9.69 Å². The first-order valence-corrected chi connectivity index (χ1v) is 9.97. The number of hydrogen-bond donors (Lipinski definition) is 2. The number of amides is 1. The molecule has 0 aromatic carbocycles. The predicted molar refractivity (Wildman–Crippen MR) is 106 cm³/mol. The highest BCUT2D eigenvalue weighted by atomic mass is 16.2. The number of hydrogen-bond acceptors (Lipinski definition) is 4. The largest absolute Gasteiger partial charge is 0.360 e. The van der Waals surface area contributed by atoms with Gasteiger partial charge in [0.25, 0.3) is 0 Å². The topological polar surface area (TPSA) is 73.9 Å². The summed E-state index contributed by atoms with van der Waals surface area (Å²) in [6.07, 6.45) is 10.5. The predicted octanol–water partition coefficient (Wildman–Crippen LogP) is 2.82. The van der Waals surface area contributed by atoms with Gasteiger partial charge in [-0.2, -0.15) is 0 Å². The first-order chi connectivity index (χ1) is 13.3. The molecule has 1 saturated carbocycles. The number of carbonyl (C=O) groups is 1. The Hall–Kier alpha value is -2.47. The molecule has 2 N–H and O–H groups in total. The minimum absolute atomic E-state index is 0.173. The molecule has 3 aromatic heterocycles. The van der Waals surface area contributed by atoms with Crippen LogP contribution in [0.5, 0.6) is 0 Å². The van der Waals surface area contributed by atoms with Gasteiger partial charge >= 0.3 is 0 Å². The summed E-state index contributed by atoms with van der Waals surface area (Å²) in [5.74, 6) is 1.39. The Morgan fingerprint density at radius 2 is 2.00 bits per heavy atom. The Kier molecular flexibility index (Phi) is 4.28. The summed E-state index contributed by atoms with van der Waals surface area (Å²) in [7, 11) is 0. The summed E-state index contributed by atoms with van der Waals surface area (Å²) >= 11 is 0. The van der Waals surface area contributed by atoms with Gasteiger partial charge in [-0.25, -0.2) is 9.97 Å². The standard InChI is InChI=1S/C21H25N5O/c27-19(23-10-14-3-4-14)13-26-8-5-15(6-9-26)17-11-24-21-20(17)16-2-1-7-22-18(16)12-25-21/h1-2,7,11-12,14-15,22H,3-6,8-10,13H2,(H,23,27). The van der Waals surface area contributed by atoms with E-state index in [0.717, 1.165) is 49.6 Å². The molecular weight excluding hydrogens is 338 g/mol. The van der Waals surface area contributed by atoms with Crippen LogP contribution in [0.15, 0.2) is 30.7 Å². The molecule has 2 fully saturated rings. The molecule has 6 nitrogen and oxygen atoms in total. The zero-order chi connectivity index (χ0) is 18.2. The molecule has 0 spiro atoms. The van der Waals surface area contributed by atoms with Crippen LogP contribution in [0.2, 0.25) is 0 Å². The fourth-order valence-corrected chi connectivity index (χ4v) is 4.21. The smallest absolute Gasteiger partial charge is 0.234 e. The van der Waals surface area contributed by atoms with Crippen LogP contribution in [0.1, 0.15) is 37.2 Å². The van der Waals surface area contributed by atoms with E-state index in [-0.39, 0.29) is 5.91 Å². The van der Waals surface area contributed by atoms with Gasteiger partial charge in [-0.15, -0.1) is 0 Å². The minimum atomic E-state index is 0.173. The highest BCUT2D eigenvalue weighted by Gasteiger charge is 2.26. The van der Waals surface area contributed by atoms with Crippen molar-refractivity contribution in [1.29, 1.82) is 0 Å². The van der Waals surface area contributed by atoms with E-state index >= 15 is 0 Å². The van der Waals surface area contributed by atoms with E-state index in [1.54, 1.807) is 0 Å². The molecule has 2 aliphatic rings. The number of piperidine rings is 1. The lowest BCUT2D eigenvalue weighted by atomic mass is 9.88. The van der Waals surface area contributed by atoms with E-state index in [1.165, 1.54) is 29.2 Å². The van der Waals surface area contributed by atoms with Gasteiger partial charge in [-0.1, -0.05) is 6.07 Å². The lowest BCUT2D eigenvalue weighted by Gasteiger charge is -2.31. The second kappa shape index (κ2) is 6.93. The van der Waals surface area contributed by atoms with Gasteiger partial charge in [0, 0.05) is 29.7 Å². The minimum Gasteiger partial charge on any atom is -0.360 e. The van der Waals surface area contributed by atoms with E-state index in [4.69, 9.17) is 0 Å². The molecule has 3 aromatic rings. The summed E-state index contributed by atoms with van der Waals surface area (Å²) in [5, 5.41) is 5.45. The van der Waals surface area contributed by atoms with Crippen molar-refractivity contribution in [3.05, 3.63) is 36.3 Å². The number of carbonyl (C=O) groups excluding carboxylic acids is 1. The number of likely N-dealkylation sites (tertiary alicyclic amines) is 1. The molecule has 1 aliphatic heterocycles. The molecule has 1 aliphatic carbocycles. The van der Waals surface area contributed by atoms with Gasteiger partial charge in [-0.05, 0) is 62.2 Å². The fourth-order valence-electron chi connectivity index (χ4n) is 4.21. The van der Waals surface area contributed by atoms with Crippen LogP contribution in [0.3, 0.4) is 0 Å². The average molecular weight is 363 g/mol. The van der Waals surface area contributed by atoms with Gasteiger partial charge in [0.1, 0.15) is 0 Å². The maximum atomic E-state index is 12.1. The maximum Gasteiger partial charge on any atom is 0.234 e. The van der Waals surface area contributed by atoms with Crippen molar-refractivity contribution in [2.45, 2.75) is 31.6 Å². The Morgan fingerprint density at radius 3 is 2.81 bits per heavy atom. The third-order valence-electron chi connectivity index (χ3n) is 5.99. The lowest BCUT2D eigenvalue weighted by Crippen LogP contribution is -2.41. The van der Waals surface area contributed by atoms with Gasteiger partial charge in [0.15, 0.2) is 5.65 Å². The zero-order valence-corrected chi connectivity index (χ0v) is 15.4. The monoisotopic (exact) mass is 363 g/mol. The molecule has 6 heteroatoms. The third-order valence-corrected chi connectivity index (χ3v) is 5.99. The Labute approximate surface area is 158 Å². The number of pyridine rings is 2. The molecule has 140 valence electrons. The van der Waals surface area contributed by atoms with Crippen molar-refractivity contribution in [1.82, 2.24) is 25.2 Å². The first-order valence-electron chi connectivity index (χ1n) is 9.97. The summed E-state index contributed by atoms with van der Waals surface area (Å²) < 4.78 is 0. The van der Waals surface area contributed by atoms with Crippen LogP contribution in [0, 0.1) is 5.92 Å². The maximum absolute atomic E-state index is 12.1. The van der Waals surface area contributed by atoms with Gasteiger partial charge in [0.2, 0.25) is 5.91 Å². The van der Waals surface area contributed by atoms with E-state index < -0.39 is 0 Å². The average Bonchev–Trinajstić information content (AvgIpc) is 3.43. The van der Waals surface area contributed by atoms with Gasteiger partial charge < -0.3 is 10.3 Å². The Morgan fingerprint density at radius 1 is 1.19 bits per heavy atom. The molecule has 4 heterocycles. The molecule has 1 saturated heterocycles. The molecular formula is C21H25N5O. The van der Waals surface area contributed by atoms with E-state index in [9.17, 15) is 4.79 Å². The van der Waals surface area contributed by atoms with E-state index in [1.807, 2.05) is 24.7 Å². The second-order valence-corrected chi connectivity index (χ2v) is 7.97. The SMILES string of the molecule is O=C(CN1CCC(c2cnc3ncc4[nH]cccc4c23)CC1)NCC1CC1. The van der Waals surface area contributed by atoms with Crippen molar-refractivity contribution in [2.24, 2.45) is 5.92 Å². The Bertz CT molecular complexity index is 969. The summed E-state index contributed by atoms with van der Waals surface area (Å²) in [5.41, 5.74) is 3.18. The normalized spacial score (nSPS) is 19.0. The molecule has 0 unspecified atom stereocenters. The quantitative estimate of drug-likeness (QED) is 0.731. The lowest BCUT2D eigenvalue weighted by molar-refractivity contribution is -0.122. The van der Waals surface area contributed by atoms with Crippen molar-refractivity contribution in [3.8, 4) is 0 Å². The highest BCUT2D eigenvalue weighted by molar-refractivity contribution is 6.05. The van der Waals surface area contributed by atoms with Crippen LogP contribution < -0.4 is 5.32 Å². The molecule has 0 atom stereocenters. The van der Waals surface area contributed by atoms with Crippen LogP contribution in [-0.4, -0.2) is 51.9 Å². The number of rotatable bonds is 5. The van der Waals surface area contributed by atoms with E-state index in [2.05, 4.69) is 31.2 Å². The number of aromatic nitrogens is 3. The van der Waals surface area contributed by atoms with Crippen LogP contribution in [0.4, 0.5) is 0 Å². The molecule has 27 heavy (non-hydrogen) atoms. The van der Waals surface area contributed by atoms with Crippen LogP contribution in [-0.2, 0) is 4.79 Å². The van der Waals surface area contributed by atoms with Crippen LogP contribution in [0.25, 0.3) is 21.9 Å². The Balaban J connectivity index is 1.28. The van der Waals surface area contributed by atoms with Crippen molar-refractivity contribution >= 4 is 27.8 Å². The third kappa shape index (κ3) is 3.41. The van der Waals surface area contributed by atoms with Crippen molar-refractivity contribution in [2.75, 3.05) is 26.2 Å².